The zero-order chi connectivity index (χ0) is 14.2. The molecule has 0 aromatic heterocycles. The van der Waals surface area contributed by atoms with Gasteiger partial charge in [-0.15, -0.1) is 0 Å². The average molecular weight is 277 g/mol. The fraction of sp³-hybridized carbons (Fsp3) is 0.727. The van der Waals surface area contributed by atoms with Crippen LogP contribution < -0.4 is 0 Å². The minimum absolute atomic E-state index is 0.296. The van der Waals surface area contributed by atoms with Gasteiger partial charge >= 0.3 is 7.60 Å². The average Bonchev–Trinajstić information content (AvgIpc) is 2.24. The Morgan fingerprint density at radius 3 is 1.94 bits per heavy atom. The Morgan fingerprint density at radius 1 is 1.11 bits per heavy atom. The van der Waals surface area contributed by atoms with Crippen LogP contribution in [-0.2, 0) is 13.6 Å². The van der Waals surface area contributed by atoms with Crippen molar-refractivity contribution in [1.29, 1.82) is 0 Å². The summed E-state index contributed by atoms with van der Waals surface area (Å²) in [6.07, 6.45) is 3.21. The fourth-order valence-corrected chi connectivity index (χ4v) is 2.67. The smallest absolute Gasteiger partial charge is 0.381 e. The molecular weight excluding hydrogens is 253 g/mol. The van der Waals surface area contributed by atoms with Crippen molar-refractivity contribution in [3.05, 3.63) is 11.6 Å². The van der Waals surface area contributed by atoms with E-state index in [1.807, 2.05) is 28.2 Å². The van der Waals surface area contributed by atoms with Crippen LogP contribution in [0.25, 0.3) is 0 Å². The molecule has 0 heterocycles. The van der Waals surface area contributed by atoms with E-state index >= 15 is 0 Å². The molecule has 6 nitrogen and oxygen atoms in total. The second-order valence-electron chi connectivity index (χ2n) is 3.99. The van der Waals surface area contributed by atoms with E-state index < -0.39 is 7.60 Å². The first-order valence-electron chi connectivity index (χ1n) is 5.84. The fourth-order valence-electron chi connectivity index (χ4n) is 1.09. The largest absolute Gasteiger partial charge is 0.381 e. The second-order valence-corrected chi connectivity index (χ2v) is 5.96. The van der Waals surface area contributed by atoms with Gasteiger partial charge in [-0.2, -0.15) is 0 Å². The molecule has 0 fully saturated rings. The number of nitrogens with zero attached hydrogens (tertiary/aromatic N) is 3. The van der Waals surface area contributed by atoms with Crippen LogP contribution in [-0.4, -0.2) is 57.5 Å². The second kappa shape index (κ2) is 8.29. The molecule has 0 aliphatic carbocycles. The summed E-state index contributed by atoms with van der Waals surface area (Å²) >= 11 is 0. The Kier molecular flexibility index (Phi) is 7.91. The van der Waals surface area contributed by atoms with Gasteiger partial charge < -0.3 is 18.8 Å². The molecule has 0 unspecified atom stereocenters. The Hall–Kier alpha value is -0.840. The lowest BCUT2D eigenvalue weighted by Gasteiger charge is -2.19. The molecule has 0 bridgehead atoms. The number of hydrogen-bond acceptors (Lipinski definition) is 5. The highest BCUT2D eigenvalue weighted by Gasteiger charge is 2.29. The van der Waals surface area contributed by atoms with Crippen LogP contribution in [0.1, 0.15) is 13.8 Å². The maximum atomic E-state index is 12.6. The highest BCUT2D eigenvalue weighted by molar-refractivity contribution is 7.58. The zero-order valence-electron chi connectivity index (χ0n) is 12.1. The monoisotopic (exact) mass is 277 g/mol. The zero-order valence-corrected chi connectivity index (χ0v) is 13.0. The standard InChI is InChI=1S/C11H24N3O3P/c1-7-16-18(15,17-8-2)11(9-13(3)4)12-10-14(5)6/h9-10H,7-8H2,1-6H3. The first-order valence-corrected chi connectivity index (χ1v) is 7.38. The van der Waals surface area contributed by atoms with E-state index in [1.165, 1.54) is 0 Å². The predicted octanol–water partition coefficient (Wildman–Crippen LogP) is 2.20. The maximum absolute atomic E-state index is 12.6. The van der Waals surface area contributed by atoms with Crippen LogP contribution in [0.4, 0.5) is 0 Å². The van der Waals surface area contributed by atoms with E-state index in [9.17, 15) is 4.57 Å². The van der Waals surface area contributed by atoms with Crippen molar-refractivity contribution in [3.8, 4) is 0 Å². The summed E-state index contributed by atoms with van der Waals surface area (Å²) in [5, 5.41) is 0. The molecule has 7 heteroatoms. The third-order valence-electron chi connectivity index (χ3n) is 1.67. The van der Waals surface area contributed by atoms with E-state index in [2.05, 4.69) is 4.99 Å². The lowest BCUT2D eigenvalue weighted by Crippen LogP contribution is -2.10. The third-order valence-corrected chi connectivity index (χ3v) is 3.66. The molecule has 0 saturated heterocycles. The van der Waals surface area contributed by atoms with Gasteiger partial charge in [0.2, 0.25) is 0 Å². The molecule has 0 aliphatic rings. The lowest BCUT2D eigenvalue weighted by molar-refractivity contribution is 0.225. The molecule has 0 atom stereocenters. The molecule has 0 amide bonds. The molecular formula is C11H24N3O3P. The predicted molar refractivity (Wildman–Crippen MR) is 74.8 cm³/mol. The summed E-state index contributed by atoms with van der Waals surface area (Å²) in [6.45, 7) is 4.16. The number of hydrogen-bond donors (Lipinski definition) is 0. The molecule has 0 N–H and O–H groups in total. The maximum Gasteiger partial charge on any atom is 0.381 e. The van der Waals surface area contributed by atoms with Gasteiger partial charge in [0.1, 0.15) is 0 Å². The summed E-state index contributed by atoms with van der Waals surface area (Å²) in [7, 11) is 3.98. The Bertz CT molecular complexity index is 330. The summed E-state index contributed by atoms with van der Waals surface area (Å²) < 4.78 is 23.1. The van der Waals surface area contributed by atoms with Gasteiger partial charge in [-0.3, -0.25) is 4.57 Å². The van der Waals surface area contributed by atoms with E-state index in [0.29, 0.717) is 18.7 Å². The minimum Gasteiger partial charge on any atom is -0.381 e. The van der Waals surface area contributed by atoms with Crippen molar-refractivity contribution in [3.63, 3.8) is 0 Å². The van der Waals surface area contributed by atoms with Gasteiger partial charge in [0.25, 0.3) is 0 Å². The van der Waals surface area contributed by atoms with Gasteiger partial charge in [0.15, 0.2) is 5.44 Å². The van der Waals surface area contributed by atoms with Gasteiger partial charge in [-0.1, -0.05) is 0 Å². The van der Waals surface area contributed by atoms with Gasteiger partial charge in [-0.05, 0) is 13.8 Å². The highest BCUT2D eigenvalue weighted by Crippen LogP contribution is 2.56. The van der Waals surface area contributed by atoms with Crippen LogP contribution in [0.5, 0.6) is 0 Å². The SMILES string of the molecule is CCOP(=O)(OCC)C(=CN(C)C)N=CN(C)C. The van der Waals surface area contributed by atoms with Crippen molar-refractivity contribution >= 4 is 13.9 Å². The number of rotatable bonds is 8. The summed E-state index contributed by atoms with van der Waals surface area (Å²) in [5.74, 6) is 0. The van der Waals surface area contributed by atoms with Gasteiger partial charge in [0.05, 0.1) is 19.6 Å². The molecule has 0 aromatic carbocycles. The first kappa shape index (κ1) is 17.2. The summed E-state index contributed by atoms with van der Waals surface area (Å²) in [6, 6.07) is 0. The van der Waals surface area contributed by atoms with E-state index in [1.54, 1.807) is 36.2 Å². The van der Waals surface area contributed by atoms with Crippen LogP contribution in [0.3, 0.4) is 0 Å². The van der Waals surface area contributed by atoms with E-state index in [4.69, 9.17) is 9.05 Å². The molecule has 0 aliphatic heterocycles. The molecule has 0 radical (unpaired) electrons. The van der Waals surface area contributed by atoms with Crippen molar-refractivity contribution in [2.45, 2.75) is 13.8 Å². The Morgan fingerprint density at radius 2 is 1.61 bits per heavy atom. The third kappa shape index (κ3) is 6.19. The van der Waals surface area contributed by atoms with Crippen molar-refractivity contribution in [1.82, 2.24) is 9.80 Å². The summed E-state index contributed by atoms with van der Waals surface area (Å²) in [5.41, 5.74) is 0.296. The molecule has 106 valence electrons. The molecule has 18 heavy (non-hydrogen) atoms. The van der Waals surface area contributed by atoms with Crippen LogP contribution in [0.2, 0.25) is 0 Å². The lowest BCUT2D eigenvalue weighted by atomic mass is 10.8. The first-order chi connectivity index (χ1) is 8.35. The van der Waals surface area contributed by atoms with Crippen molar-refractivity contribution in [2.24, 2.45) is 4.99 Å². The van der Waals surface area contributed by atoms with E-state index in [-0.39, 0.29) is 0 Å². The molecule has 0 aromatic rings. The van der Waals surface area contributed by atoms with Gasteiger partial charge in [0, 0.05) is 34.4 Å². The minimum atomic E-state index is -3.34. The molecule has 0 spiro atoms. The molecule has 0 rings (SSSR count). The highest BCUT2D eigenvalue weighted by atomic mass is 31.2. The number of aliphatic imine (C=N–C) groups is 1. The topological polar surface area (TPSA) is 54.4 Å². The van der Waals surface area contributed by atoms with Crippen LogP contribution in [0.15, 0.2) is 16.6 Å². The van der Waals surface area contributed by atoms with Crippen molar-refractivity contribution < 1.29 is 13.6 Å². The van der Waals surface area contributed by atoms with Crippen LogP contribution >= 0.6 is 7.60 Å². The quantitative estimate of drug-likeness (QED) is 0.387. The van der Waals surface area contributed by atoms with Gasteiger partial charge in [-0.25, -0.2) is 4.99 Å². The molecule has 0 saturated carbocycles. The normalized spacial score (nSPS) is 13.1. The van der Waals surface area contributed by atoms with Crippen molar-refractivity contribution in [2.75, 3.05) is 41.4 Å². The summed E-state index contributed by atoms with van der Waals surface area (Å²) in [4.78, 5) is 7.69. The van der Waals surface area contributed by atoms with Crippen LogP contribution in [0, 0.1) is 0 Å². The Labute approximate surface area is 110 Å². The van der Waals surface area contributed by atoms with E-state index in [0.717, 1.165) is 0 Å². The Balaban J connectivity index is 5.31.